The third-order valence-corrected chi connectivity index (χ3v) is 3.64. The summed E-state index contributed by atoms with van der Waals surface area (Å²) in [6.45, 7) is 6.00. The Bertz CT molecular complexity index is 762. The van der Waals surface area contributed by atoms with Gasteiger partial charge in [0.05, 0.1) is 12.8 Å². The monoisotopic (exact) mass is 360 g/mol. The molecule has 0 aliphatic carbocycles. The molecule has 0 fully saturated rings. The molecule has 0 bridgehead atoms. The lowest BCUT2D eigenvalue weighted by Gasteiger charge is -2.15. The number of rotatable bonds is 7. The van der Waals surface area contributed by atoms with Crippen LogP contribution in [0.15, 0.2) is 47.6 Å². The molecule has 0 aliphatic rings. The SMILES string of the molecule is CCOc1ccccc1/C=N\NC(=O)[C@H](C)Oc1ccc(Cl)cc1C. The molecule has 0 aliphatic heterocycles. The maximum atomic E-state index is 12.1. The van der Waals surface area contributed by atoms with Crippen LogP contribution in [-0.2, 0) is 4.79 Å². The summed E-state index contributed by atoms with van der Waals surface area (Å²) in [6, 6.07) is 12.7. The molecule has 5 nitrogen and oxygen atoms in total. The highest BCUT2D eigenvalue weighted by Gasteiger charge is 2.15. The van der Waals surface area contributed by atoms with Crippen LogP contribution >= 0.6 is 11.6 Å². The summed E-state index contributed by atoms with van der Waals surface area (Å²) in [5, 5.41) is 4.60. The van der Waals surface area contributed by atoms with Crippen molar-refractivity contribution in [3.63, 3.8) is 0 Å². The lowest BCUT2D eigenvalue weighted by Crippen LogP contribution is -2.33. The van der Waals surface area contributed by atoms with Crippen molar-refractivity contribution in [2.75, 3.05) is 6.61 Å². The fraction of sp³-hybridized carbons (Fsp3) is 0.263. The first kappa shape index (κ1) is 18.8. The first-order valence-electron chi connectivity index (χ1n) is 7.98. The number of halogens is 1. The summed E-state index contributed by atoms with van der Waals surface area (Å²) in [5.74, 6) is 0.973. The highest BCUT2D eigenvalue weighted by atomic mass is 35.5. The highest BCUT2D eigenvalue weighted by Crippen LogP contribution is 2.22. The van der Waals surface area contributed by atoms with Crippen LogP contribution in [0, 0.1) is 6.92 Å². The molecule has 132 valence electrons. The molecule has 0 spiro atoms. The molecule has 0 unspecified atom stereocenters. The Balaban J connectivity index is 1.95. The van der Waals surface area contributed by atoms with E-state index < -0.39 is 6.10 Å². The number of para-hydroxylation sites is 1. The van der Waals surface area contributed by atoms with Crippen LogP contribution < -0.4 is 14.9 Å². The lowest BCUT2D eigenvalue weighted by molar-refractivity contribution is -0.127. The van der Waals surface area contributed by atoms with Crippen molar-refractivity contribution in [1.82, 2.24) is 5.43 Å². The van der Waals surface area contributed by atoms with Crippen molar-refractivity contribution in [3.05, 3.63) is 58.6 Å². The van der Waals surface area contributed by atoms with E-state index in [9.17, 15) is 4.79 Å². The van der Waals surface area contributed by atoms with Gasteiger partial charge in [-0.05, 0) is 56.7 Å². The van der Waals surface area contributed by atoms with Crippen molar-refractivity contribution in [3.8, 4) is 11.5 Å². The number of amides is 1. The number of ether oxygens (including phenoxy) is 2. The van der Waals surface area contributed by atoms with Crippen molar-refractivity contribution in [1.29, 1.82) is 0 Å². The molecule has 1 atom stereocenters. The zero-order valence-corrected chi connectivity index (χ0v) is 15.2. The van der Waals surface area contributed by atoms with E-state index in [2.05, 4.69) is 10.5 Å². The fourth-order valence-electron chi connectivity index (χ4n) is 2.12. The molecule has 1 amide bonds. The Morgan fingerprint density at radius 2 is 2.04 bits per heavy atom. The van der Waals surface area contributed by atoms with Gasteiger partial charge in [-0.15, -0.1) is 0 Å². The second-order valence-corrected chi connectivity index (χ2v) is 5.81. The standard InChI is InChI=1S/C19H21ClN2O3/c1-4-24-18-8-6-5-7-15(18)12-21-22-19(23)14(3)25-17-10-9-16(20)11-13(17)2/h5-12,14H,4H2,1-3H3,(H,22,23)/b21-12-/t14-/m0/s1. The number of carbonyl (C=O) groups excluding carboxylic acids is 1. The van der Waals surface area contributed by atoms with Crippen LogP contribution in [0.4, 0.5) is 0 Å². The Morgan fingerprint density at radius 3 is 2.76 bits per heavy atom. The van der Waals surface area contributed by atoms with Crippen LogP contribution in [0.1, 0.15) is 25.0 Å². The largest absolute Gasteiger partial charge is 0.493 e. The van der Waals surface area contributed by atoms with Gasteiger partial charge in [-0.2, -0.15) is 5.10 Å². The second kappa shape index (κ2) is 9.08. The Kier molecular flexibility index (Phi) is 6.83. The van der Waals surface area contributed by atoms with E-state index in [4.69, 9.17) is 21.1 Å². The van der Waals surface area contributed by atoms with Gasteiger partial charge >= 0.3 is 0 Å². The van der Waals surface area contributed by atoms with Gasteiger partial charge in [0.25, 0.3) is 5.91 Å². The number of hydrazone groups is 1. The first-order valence-corrected chi connectivity index (χ1v) is 8.36. The zero-order valence-electron chi connectivity index (χ0n) is 14.5. The van der Waals surface area contributed by atoms with Gasteiger partial charge in [0, 0.05) is 10.6 Å². The minimum atomic E-state index is -0.695. The van der Waals surface area contributed by atoms with Crippen molar-refractivity contribution < 1.29 is 14.3 Å². The van der Waals surface area contributed by atoms with E-state index >= 15 is 0 Å². The molecule has 1 N–H and O–H groups in total. The lowest BCUT2D eigenvalue weighted by atomic mass is 10.2. The van der Waals surface area contributed by atoms with E-state index in [0.717, 1.165) is 11.1 Å². The second-order valence-electron chi connectivity index (χ2n) is 5.37. The smallest absolute Gasteiger partial charge is 0.280 e. The highest BCUT2D eigenvalue weighted by molar-refractivity contribution is 6.30. The van der Waals surface area contributed by atoms with Crippen molar-refractivity contribution in [2.45, 2.75) is 26.9 Å². The molecule has 6 heteroatoms. The van der Waals surface area contributed by atoms with Crippen LogP contribution in [0.3, 0.4) is 0 Å². The van der Waals surface area contributed by atoms with E-state index in [-0.39, 0.29) is 5.91 Å². The molecule has 0 radical (unpaired) electrons. The van der Waals surface area contributed by atoms with E-state index in [1.807, 2.05) is 38.1 Å². The molecule has 2 aromatic rings. The predicted octanol–water partition coefficient (Wildman–Crippen LogP) is 3.96. The van der Waals surface area contributed by atoms with Gasteiger partial charge in [-0.25, -0.2) is 5.43 Å². The summed E-state index contributed by atoms with van der Waals surface area (Å²) in [7, 11) is 0. The first-order chi connectivity index (χ1) is 12.0. The van der Waals surface area contributed by atoms with Crippen LogP contribution in [0.25, 0.3) is 0 Å². The van der Waals surface area contributed by atoms with Crippen molar-refractivity contribution >= 4 is 23.7 Å². The van der Waals surface area contributed by atoms with Gasteiger partial charge in [0.1, 0.15) is 11.5 Å². The van der Waals surface area contributed by atoms with Gasteiger partial charge < -0.3 is 9.47 Å². The maximum Gasteiger partial charge on any atom is 0.280 e. The van der Waals surface area contributed by atoms with E-state index in [0.29, 0.717) is 23.1 Å². The number of nitrogens with zero attached hydrogens (tertiary/aromatic N) is 1. The maximum absolute atomic E-state index is 12.1. The molecule has 0 saturated heterocycles. The summed E-state index contributed by atoms with van der Waals surface area (Å²) >= 11 is 5.91. The molecule has 2 aromatic carbocycles. The molecular weight excluding hydrogens is 340 g/mol. The molecular formula is C19H21ClN2O3. The summed E-state index contributed by atoms with van der Waals surface area (Å²) in [4.78, 5) is 12.1. The topological polar surface area (TPSA) is 59.9 Å². The molecule has 25 heavy (non-hydrogen) atoms. The number of hydrogen-bond donors (Lipinski definition) is 1. The molecule has 0 saturated carbocycles. The minimum absolute atomic E-state index is 0.348. The number of nitrogens with one attached hydrogen (secondary N) is 1. The summed E-state index contributed by atoms with van der Waals surface area (Å²) in [5.41, 5.74) is 4.12. The minimum Gasteiger partial charge on any atom is -0.493 e. The van der Waals surface area contributed by atoms with Gasteiger partial charge in [-0.3, -0.25) is 4.79 Å². The zero-order chi connectivity index (χ0) is 18.2. The molecule has 2 rings (SSSR count). The quantitative estimate of drug-likeness (QED) is 0.600. The third kappa shape index (κ3) is 5.50. The molecule has 0 aromatic heterocycles. The summed E-state index contributed by atoms with van der Waals surface area (Å²) in [6.07, 6.45) is 0.850. The Morgan fingerprint density at radius 1 is 1.28 bits per heavy atom. The van der Waals surface area contributed by atoms with Crippen LogP contribution in [-0.4, -0.2) is 24.8 Å². The van der Waals surface area contributed by atoms with Gasteiger partial charge in [0.2, 0.25) is 0 Å². The van der Waals surface area contributed by atoms with Gasteiger partial charge in [0.15, 0.2) is 6.10 Å². The van der Waals surface area contributed by atoms with Gasteiger partial charge in [-0.1, -0.05) is 23.7 Å². The average Bonchev–Trinajstić information content (AvgIpc) is 2.59. The number of aryl methyl sites for hydroxylation is 1. The number of benzene rings is 2. The normalized spacial score (nSPS) is 12.0. The Labute approximate surface area is 152 Å². The van der Waals surface area contributed by atoms with E-state index in [1.54, 1.807) is 31.3 Å². The Hall–Kier alpha value is -2.53. The fourth-order valence-corrected chi connectivity index (χ4v) is 2.35. The van der Waals surface area contributed by atoms with E-state index in [1.165, 1.54) is 0 Å². The van der Waals surface area contributed by atoms with Crippen LogP contribution in [0.5, 0.6) is 11.5 Å². The van der Waals surface area contributed by atoms with Crippen LogP contribution in [0.2, 0.25) is 5.02 Å². The molecule has 0 heterocycles. The average molecular weight is 361 g/mol. The number of carbonyl (C=O) groups is 1. The predicted molar refractivity (Wildman–Crippen MR) is 99.6 cm³/mol. The van der Waals surface area contributed by atoms with Crippen molar-refractivity contribution in [2.24, 2.45) is 5.10 Å². The summed E-state index contributed by atoms with van der Waals surface area (Å²) < 4.78 is 11.2. The third-order valence-electron chi connectivity index (χ3n) is 3.41. The number of hydrogen-bond acceptors (Lipinski definition) is 4.